The number of aliphatic carboxylic acids is 1. The molecule has 0 spiro atoms. The molecule has 1 aromatic heterocycles. The number of sulfonamides is 1. The molecule has 0 aliphatic rings. The number of carbonyl (C=O) groups is 1. The Balaban J connectivity index is 2.60. The number of rotatable bonds is 6. The van der Waals surface area contributed by atoms with Crippen LogP contribution in [-0.2, 0) is 21.4 Å². The quantitative estimate of drug-likeness (QED) is 0.752. The molecule has 0 radical (unpaired) electrons. The van der Waals surface area contributed by atoms with E-state index in [0.29, 0.717) is 5.56 Å². The average Bonchev–Trinajstić information content (AvgIpc) is 2.72. The second-order valence-corrected chi connectivity index (χ2v) is 6.06. The van der Waals surface area contributed by atoms with Crippen molar-refractivity contribution in [3.8, 4) is 6.07 Å². The van der Waals surface area contributed by atoms with Crippen LogP contribution in [0.4, 0.5) is 0 Å². The zero-order valence-electron chi connectivity index (χ0n) is 9.16. The standard InChI is InChI=1S/C10H10N2O4S2/c11-3-4-18(15,16)12-6-9-5-8(7-17-9)1-2-10(13)14/h1-2,5,7,12H,4,6H2,(H,13,14). The third-order valence-corrected chi connectivity index (χ3v) is 3.86. The first kappa shape index (κ1) is 14.4. The minimum Gasteiger partial charge on any atom is -0.478 e. The smallest absolute Gasteiger partial charge is 0.328 e. The fraction of sp³-hybridized carbons (Fsp3) is 0.200. The van der Waals surface area contributed by atoms with Crippen molar-refractivity contribution in [2.24, 2.45) is 0 Å². The predicted octanol–water partition coefficient (Wildman–Crippen LogP) is 0.789. The van der Waals surface area contributed by atoms with E-state index in [1.807, 2.05) is 0 Å². The highest BCUT2D eigenvalue weighted by atomic mass is 32.2. The van der Waals surface area contributed by atoms with Crippen LogP contribution in [0.5, 0.6) is 0 Å². The number of hydrogen-bond acceptors (Lipinski definition) is 5. The maximum absolute atomic E-state index is 11.2. The lowest BCUT2D eigenvalue weighted by atomic mass is 10.3. The van der Waals surface area contributed by atoms with E-state index in [2.05, 4.69) is 4.72 Å². The van der Waals surface area contributed by atoms with E-state index in [0.717, 1.165) is 11.0 Å². The third kappa shape index (κ3) is 5.09. The average molecular weight is 286 g/mol. The van der Waals surface area contributed by atoms with Crippen molar-refractivity contribution in [2.45, 2.75) is 6.54 Å². The maximum Gasteiger partial charge on any atom is 0.328 e. The van der Waals surface area contributed by atoms with Crippen LogP contribution in [0.2, 0.25) is 0 Å². The van der Waals surface area contributed by atoms with Gasteiger partial charge in [0.15, 0.2) is 5.75 Å². The summed E-state index contributed by atoms with van der Waals surface area (Å²) in [7, 11) is -3.56. The Bertz CT molecular complexity index is 596. The normalized spacial score (nSPS) is 11.5. The molecule has 96 valence electrons. The van der Waals surface area contributed by atoms with Crippen molar-refractivity contribution in [1.82, 2.24) is 4.72 Å². The van der Waals surface area contributed by atoms with E-state index in [1.54, 1.807) is 17.5 Å². The Morgan fingerprint density at radius 1 is 1.61 bits per heavy atom. The molecular weight excluding hydrogens is 276 g/mol. The van der Waals surface area contributed by atoms with E-state index in [-0.39, 0.29) is 6.54 Å². The number of carboxylic acid groups (broad SMARTS) is 1. The van der Waals surface area contributed by atoms with Crippen molar-refractivity contribution in [3.63, 3.8) is 0 Å². The summed E-state index contributed by atoms with van der Waals surface area (Å²) >= 11 is 1.31. The van der Waals surface area contributed by atoms with E-state index >= 15 is 0 Å². The van der Waals surface area contributed by atoms with Gasteiger partial charge >= 0.3 is 5.97 Å². The SMILES string of the molecule is N#CCS(=O)(=O)NCc1cc(C=CC(=O)O)cs1. The summed E-state index contributed by atoms with van der Waals surface area (Å²) in [4.78, 5) is 11.0. The van der Waals surface area contributed by atoms with Crippen LogP contribution in [0.25, 0.3) is 6.08 Å². The molecule has 0 aromatic carbocycles. The molecule has 18 heavy (non-hydrogen) atoms. The van der Waals surface area contributed by atoms with Crippen LogP contribution in [0.15, 0.2) is 17.5 Å². The van der Waals surface area contributed by atoms with Gasteiger partial charge in [0, 0.05) is 17.5 Å². The number of nitrogens with zero attached hydrogens (tertiary/aromatic N) is 1. The van der Waals surface area contributed by atoms with Gasteiger partial charge < -0.3 is 5.11 Å². The molecule has 8 heteroatoms. The molecular formula is C10H10N2O4S2. The van der Waals surface area contributed by atoms with Crippen molar-refractivity contribution < 1.29 is 18.3 Å². The Morgan fingerprint density at radius 3 is 2.94 bits per heavy atom. The molecule has 1 heterocycles. The molecule has 0 amide bonds. The Morgan fingerprint density at radius 2 is 2.33 bits per heavy atom. The molecule has 0 aliphatic carbocycles. The van der Waals surface area contributed by atoms with Crippen molar-refractivity contribution in [1.29, 1.82) is 5.26 Å². The summed E-state index contributed by atoms with van der Waals surface area (Å²) < 4.78 is 24.7. The van der Waals surface area contributed by atoms with Crippen LogP contribution in [0.1, 0.15) is 10.4 Å². The lowest BCUT2D eigenvalue weighted by Crippen LogP contribution is -2.24. The van der Waals surface area contributed by atoms with Gasteiger partial charge in [-0.15, -0.1) is 11.3 Å². The topological polar surface area (TPSA) is 107 Å². The molecule has 2 N–H and O–H groups in total. The largest absolute Gasteiger partial charge is 0.478 e. The fourth-order valence-corrected chi connectivity index (χ4v) is 2.59. The summed E-state index contributed by atoms with van der Waals surface area (Å²) in [6.45, 7) is 0.0928. The van der Waals surface area contributed by atoms with E-state index in [9.17, 15) is 13.2 Å². The Hall–Kier alpha value is -1.69. The maximum atomic E-state index is 11.2. The second-order valence-electron chi connectivity index (χ2n) is 3.26. The van der Waals surface area contributed by atoms with Crippen LogP contribution in [0, 0.1) is 11.3 Å². The van der Waals surface area contributed by atoms with Gasteiger partial charge in [0.25, 0.3) is 0 Å². The summed E-state index contributed by atoms with van der Waals surface area (Å²) in [5, 5.41) is 18.5. The first-order valence-corrected chi connectivity index (χ1v) is 7.29. The van der Waals surface area contributed by atoms with Gasteiger partial charge in [-0.1, -0.05) is 0 Å². The van der Waals surface area contributed by atoms with Gasteiger partial charge in [-0.25, -0.2) is 17.9 Å². The number of nitriles is 1. The zero-order chi connectivity index (χ0) is 13.6. The van der Waals surface area contributed by atoms with Gasteiger partial charge in [-0.05, 0) is 23.1 Å². The minimum atomic E-state index is -3.56. The monoisotopic (exact) mass is 286 g/mol. The van der Waals surface area contributed by atoms with E-state index in [4.69, 9.17) is 10.4 Å². The highest BCUT2D eigenvalue weighted by Crippen LogP contribution is 2.16. The van der Waals surface area contributed by atoms with Gasteiger partial charge in [0.05, 0.1) is 6.07 Å². The fourth-order valence-electron chi connectivity index (χ4n) is 1.06. The zero-order valence-corrected chi connectivity index (χ0v) is 10.8. The molecule has 0 fully saturated rings. The Kier molecular flexibility index (Phi) is 5.03. The van der Waals surface area contributed by atoms with Gasteiger partial charge in [0.2, 0.25) is 10.0 Å². The second kappa shape index (κ2) is 6.30. The lowest BCUT2D eigenvalue weighted by molar-refractivity contribution is -0.131. The molecule has 1 aromatic rings. The molecule has 0 saturated heterocycles. The molecule has 0 saturated carbocycles. The lowest BCUT2D eigenvalue weighted by Gasteiger charge is -2.00. The number of carboxylic acids is 1. The highest BCUT2D eigenvalue weighted by molar-refractivity contribution is 7.89. The van der Waals surface area contributed by atoms with Crippen molar-refractivity contribution in [3.05, 3.63) is 28.0 Å². The van der Waals surface area contributed by atoms with E-state index < -0.39 is 21.7 Å². The third-order valence-electron chi connectivity index (χ3n) is 1.81. The van der Waals surface area contributed by atoms with Crippen molar-refractivity contribution >= 4 is 33.4 Å². The van der Waals surface area contributed by atoms with Crippen LogP contribution in [-0.4, -0.2) is 25.2 Å². The van der Waals surface area contributed by atoms with Crippen molar-refractivity contribution in [2.75, 3.05) is 5.75 Å². The molecule has 0 unspecified atom stereocenters. The van der Waals surface area contributed by atoms with Crippen LogP contribution in [0.3, 0.4) is 0 Å². The van der Waals surface area contributed by atoms with Gasteiger partial charge in [-0.2, -0.15) is 5.26 Å². The van der Waals surface area contributed by atoms with Crippen LogP contribution < -0.4 is 4.72 Å². The first-order chi connectivity index (χ1) is 8.43. The van der Waals surface area contributed by atoms with Crippen LogP contribution >= 0.6 is 11.3 Å². The van der Waals surface area contributed by atoms with Gasteiger partial charge in [0.1, 0.15) is 0 Å². The number of hydrogen-bond donors (Lipinski definition) is 2. The Labute approximate surface area is 108 Å². The molecule has 0 aliphatic heterocycles. The predicted molar refractivity (Wildman–Crippen MR) is 67.2 cm³/mol. The molecule has 1 rings (SSSR count). The summed E-state index contributed by atoms with van der Waals surface area (Å²) in [6, 6.07) is 3.24. The van der Waals surface area contributed by atoms with E-state index in [1.165, 1.54) is 17.4 Å². The first-order valence-electron chi connectivity index (χ1n) is 4.75. The summed E-state index contributed by atoms with van der Waals surface area (Å²) in [5.74, 6) is -1.62. The van der Waals surface area contributed by atoms with Gasteiger partial charge in [-0.3, -0.25) is 0 Å². The molecule has 0 atom stereocenters. The highest BCUT2D eigenvalue weighted by Gasteiger charge is 2.09. The molecule has 6 nitrogen and oxygen atoms in total. The number of nitrogens with one attached hydrogen (secondary N) is 1. The minimum absolute atomic E-state index is 0.0928. The summed E-state index contributed by atoms with van der Waals surface area (Å²) in [5.41, 5.74) is 0.692. The molecule has 0 bridgehead atoms. The summed E-state index contributed by atoms with van der Waals surface area (Å²) in [6.07, 6.45) is 2.43. The number of thiophene rings is 1.